The van der Waals surface area contributed by atoms with Gasteiger partial charge in [-0.25, -0.2) is 0 Å². The largest absolute Gasteiger partial charge is 0.309 e. The van der Waals surface area contributed by atoms with Gasteiger partial charge in [0, 0.05) is 16.5 Å². The van der Waals surface area contributed by atoms with Crippen molar-refractivity contribution in [2.45, 2.75) is 0 Å². The molecule has 4 nitrogen and oxygen atoms in total. The fourth-order valence-electron chi connectivity index (χ4n) is 7.63. The smallest absolute Gasteiger partial charge is 0.0998 e. The average molecular weight is 647 g/mol. The first-order valence-corrected chi connectivity index (χ1v) is 16.7. The van der Waals surface area contributed by atoms with Crippen molar-refractivity contribution < 1.29 is 0 Å². The zero-order valence-corrected chi connectivity index (χ0v) is 27.3. The molecule has 0 spiro atoms. The Morgan fingerprint density at radius 2 is 0.863 bits per heavy atom. The van der Waals surface area contributed by atoms with Crippen LogP contribution in [-0.4, -0.2) is 4.57 Å². The molecule has 1 aromatic heterocycles. The molecular weight excluding hydrogens is 621 g/mol. The van der Waals surface area contributed by atoms with Gasteiger partial charge in [-0.05, 0) is 110 Å². The van der Waals surface area contributed by atoms with E-state index in [0.29, 0.717) is 16.7 Å². The van der Waals surface area contributed by atoms with Crippen LogP contribution in [0.4, 0.5) is 0 Å². The molecular formula is C47H26N4. The highest BCUT2D eigenvalue weighted by molar-refractivity contribution is 6.21. The van der Waals surface area contributed by atoms with E-state index in [2.05, 4.69) is 132 Å². The maximum atomic E-state index is 10.5. The maximum Gasteiger partial charge on any atom is 0.0998 e. The Balaban J connectivity index is 1.17. The van der Waals surface area contributed by atoms with Crippen LogP contribution in [0.15, 0.2) is 158 Å². The van der Waals surface area contributed by atoms with E-state index in [-0.39, 0.29) is 0 Å². The van der Waals surface area contributed by atoms with Crippen LogP contribution in [-0.2, 0) is 0 Å². The Hall–Kier alpha value is -7.45. The van der Waals surface area contributed by atoms with Crippen LogP contribution in [0.5, 0.6) is 0 Å². The fraction of sp³-hybridized carbons (Fsp3) is 0. The highest BCUT2D eigenvalue weighted by atomic mass is 15.0. The molecule has 9 aromatic rings. The Bertz CT molecular complexity index is 2860. The van der Waals surface area contributed by atoms with E-state index in [1.54, 1.807) is 0 Å². The number of rotatable bonds is 4. The maximum absolute atomic E-state index is 10.5. The monoisotopic (exact) mass is 646 g/mol. The number of fused-ring (bicyclic) bond motifs is 5. The summed E-state index contributed by atoms with van der Waals surface area (Å²) in [6.45, 7) is 0. The average Bonchev–Trinajstić information content (AvgIpc) is 3.52. The zero-order valence-electron chi connectivity index (χ0n) is 27.3. The third-order valence-corrected chi connectivity index (χ3v) is 9.88. The van der Waals surface area contributed by atoms with E-state index in [0.717, 1.165) is 60.5 Å². The first-order chi connectivity index (χ1) is 25.2. The molecule has 0 saturated heterocycles. The molecule has 234 valence electrons. The molecule has 0 bridgehead atoms. The number of aromatic nitrogens is 1. The van der Waals surface area contributed by atoms with E-state index in [1.165, 1.54) is 21.9 Å². The summed E-state index contributed by atoms with van der Waals surface area (Å²) in [5.41, 5.74) is 10.9. The van der Waals surface area contributed by atoms with E-state index < -0.39 is 0 Å². The van der Waals surface area contributed by atoms with Crippen molar-refractivity contribution in [3.63, 3.8) is 0 Å². The van der Waals surface area contributed by atoms with E-state index in [9.17, 15) is 15.8 Å². The van der Waals surface area contributed by atoms with Crippen molar-refractivity contribution in [3.05, 3.63) is 174 Å². The SMILES string of the molecule is N#Cc1ccc2c(c1)c1cc(C#N)ccc1n2-c1ccc(-c2ccc(-c3c4ccccc4c(-c4ccccc4)c4ccccc34)cc2C#N)cc1. The van der Waals surface area contributed by atoms with Crippen LogP contribution in [0.1, 0.15) is 16.7 Å². The number of nitriles is 3. The molecule has 0 N–H and O–H groups in total. The quantitative estimate of drug-likeness (QED) is 0.179. The van der Waals surface area contributed by atoms with Crippen LogP contribution in [0, 0.1) is 34.0 Å². The lowest BCUT2D eigenvalue weighted by molar-refractivity contribution is 1.18. The number of nitrogens with zero attached hydrogens (tertiary/aromatic N) is 4. The van der Waals surface area contributed by atoms with Crippen molar-refractivity contribution in [2.75, 3.05) is 0 Å². The molecule has 0 amide bonds. The standard InChI is InChI=1S/C47H26N4/c48-27-30-14-22-44-42(24-30)43-25-31(28-49)15-23-45(43)51(44)36-19-16-32(17-20-36)37-21-18-34(26-35(37)29-50)47-40-12-6-4-10-38(40)46(33-8-2-1-3-9-33)39-11-5-7-13-41(39)47/h1-26H. The topological polar surface area (TPSA) is 76.3 Å². The van der Waals surface area contributed by atoms with Gasteiger partial charge in [0.25, 0.3) is 0 Å². The summed E-state index contributed by atoms with van der Waals surface area (Å²) in [6, 6.07) is 60.3. The van der Waals surface area contributed by atoms with Gasteiger partial charge in [0.2, 0.25) is 0 Å². The molecule has 0 saturated carbocycles. The summed E-state index contributed by atoms with van der Waals surface area (Å²) >= 11 is 0. The molecule has 4 heteroatoms. The molecule has 0 atom stereocenters. The molecule has 1 heterocycles. The van der Waals surface area contributed by atoms with Gasteiger partial charge in [0.15, 0.2) is 0 Å². The second kappa shape index (κ2) is 11.9. The Morgan fingerprint density at radius 3 is 1.37 bits per heavy atom. The number of hydrogen-bond donors (Lipinski definition) is 0. The van der Waals surface area contributed by atoms with Crippen molar-refractivity contribution in [3.8, 4) is 57.3 Å². The minimum atomic E-state index is 0.569. The highest BCUT2D eigenvalue weighted by Gasteiger charge is 2.18. The second-order valence-electron chi connectivity index (χ2n) is 12.6. The lowest BCUT2D eigenvalue weighted by Gasteiger charge is -2.18. The molecule has 8 aromatic carbocycles. The van der Waals surface area contributed by atoms with Gasteiger partial charge in [-0.2, -0.15) is 15.8 Å². The van der Waals surface area contributed by atoms with Crippen LogP contribution >= 0.6 is 0 Å². The molecule has 0 aliphatic rings. The van der Waals surface area contributed by atoms with E-state index in [4.69, 9.17) is 0 Å². The van der Waals surface area contributed by atoms with Crippen LogP contribution in [0.3, 0.4) is 0 Å². The summed E-state index contributed by atoms with van der Waals surface area (Å²) in [4.78, 5) is 0. The van der Waals surface area contributed by atoms with Gasteiger partial charge >= 0.3 is 0 Å². The van der Waals surface area contributed by atoms with Crippen LogP contribution in [0.2, 0.25) is 0 Å². The first-order valence-electron chi connectivity index (χ1n) is 16.7. The Labute approximate surface area is 294 Å². The first kappa shape index (κ1) is 29.7. The zero-order chi connectivity index (χ0) is 34.5. The van der Waals surface area contributed by atoms with Gasteiger partial charge in [-0.3, -0.25) is 0 Å². The minimum absolute atomic E-state index is 0.569. The minimum Gasteiger partial charge on any atom is -0.309 e. The molecule has 0 unspecified atom stereocenters. The summed E-state index contributed by atoms with van der Waals surface area (Å²) in [6.07, 6.45) is 0. The van der Waals surface area contributed by atoms with Gasteiger partial charge < -0.3 is 4.57 Å². The van der Waals surface area contributed by atoms with Crippen molar-refractivity contribution in [2.24, 2.45) is 0 Å². The van der Waals surface area contributed by atoms with Gasteiger partial charge in [0.05, 0.1) is 45.9 Å². The summed E-state index contributed by atoms with van der Waals surface area (Å²) in [5.74, 6) is 0. The third kappa shape index (κ3) is 4.74. The third-order valence-electron chi connectivity index (χ3n) is 9.88. The summed E-state index contributed by atoms with van der Waals surface area (Å²) in [7, 11) is 0. The van der Waals surface area contributed by atoms with Gasteiger partial charge in [-0.15, -0.1) is 0 Å². The van der Waals surface area contributed by atoms with Crippen molar-refractivity contribution in [1.82, 2.24) is 4.57 Å². The van der Waals surface area contributed by atoms with Gasteiger partial charge in [0.1, 0.15) is 0 Å². The molecule has 0 aliphatic carbocycles. The van der Waals surface area contributed by atoms with Crippen LogP contribution < -0.4 is 0 Å². The predicted molar refractivity (Wildman–Crippen MR) is 206 cm³/mol. The van der Waals surface area contributed by atoms with Gasteiger partial charge in [-0.1, -0.05) is 103 Å². The number of hydrogen-bond acceptors (Lipinski definition) is 3. The van der Waals surface area contributed by atoms with Crippen molar-refractivity contribution in [1.29, 1.82) is 15.8 Å². The molecule has 0 radical (unpaired) electrons. The van der Waals surface area contributed by atoms with Crippen LogP contribution in [0.25, 0.3) is 82.4 Å². The Kier molecular flexibility index (Phi) is 6.93. The summed E-state index contributed by atoms with van der Waals surface area (Å²) < 4.78 is 2.15. The second-order valence-corrected chi connectivity index (χ2v) is 12.6. The molecule has 51 heavy (non-hydrogen) atoms. The fourth-order valence-corrected chi connectivity index (χ4v) is 7.63. The normalized spacial score (nSPS) is 11.1. The number of benzene rings is 8. The summed E-state index contributed by atoms with van der Waals surface area (Å²) in [5, 5.41) is 36.1. The molecule has 9 rings (SSSR count). The van der Waals surface area contributed by atoms with E-state index in [1.807, 2.05) is 48.5 Å². The Morgan fingerprint density at radius 1 is 0.373 bits per heavy atom. The molecule has 0 aliphatic heterocycles. The van der Waals surface area contributed by atoms with E-state index >= 15 is 0 Å². The highest BCUT2D eigenvalue weighted by Crippen LogP contribution is 2.44. The molecule has 0 fully saturated rings. The van der Waals surface area contributed by atoms with Crippen molar-refractivity contribution >= 4 is 43.4 Å². The lowest BCUT2D eigenvalue weighted by atomic mass is 9.85. The predicted octanol–water partition coefficient (Wildman–Crippen LogP) is 11.7. The lowest BCUT2D eigenvalue weighted by Crippen LogP contribution is -1.95.